The normalized spacial score (nSPS) is 10.4. The molecule has 0 saturated heterocycles. The van der Waals surface area contributed by atoms with Gasteiger partial charge in [0.2, 0.25) is 0 Å². The van der Waals surface area contributed by atoms with Gasteiger partial charge >= 0.3 is 0 Å². The zero-order valence-electron chi connectivity index (χ0n) is 9.95. The third kappa shape index (κ3) is 2.42. The van der Waals surface area contributed by atoms with Crippen LogP contribution in [0.2, 0.25) is 0 Å². The summed E-state index contributed by atoms with van der Waals surface area (Å²) in [6.45, 7) is 3.89. The van der Waals surface area contributed by atoms with E-state index in [1.54, 1.807) is 18.2 Å². The van der Waals surface area contributed by atoms with Crippen molar-refractivity contribution < 1.29 is 9.90 Å². The zero-order valence-corrected chi connectivity index (χ0v) is 12.4. The fourth-order valence-electron chi connectivity index (χ4n) is 1.61. The molecule has 18 heavy (non-hydrogen) atoms. The van der Waals surface area contributed by atoms with Crippen LogP contribution in [-0.4, -0.2) is 11.0 Å². The molecule has 0 aliphatic carbocycles. The number of carbonyl (C=O) groups is 1. The Kier molecular flexibility index (Phi) is 3.73. The molecule has 1 amide bonds. The van der Waals surface area contributed by atoms with Crippen LogP contribution >= 0.6 is 27.3 Å². The number of para-hydroxylation sites is 2. The number of halogens is 1. The highest BCUT2D eigenvalue weighted by atomic mass is 79.9. The summed E-state index contributed by atoms with van der Waals surface area (Å²) in [7, 11) is 0. The van der Waals surface area contributed by atoms with Gasteiger partial charge in [-0.25, -0.2) is 0 Å². The fourth-order valence-corrected chi connectivity index (χ4v) is 3.69. The van der Waals surface area contributed by atoms with E-state index in [1.807, 2.05) is 13.8 Å². The van der Waals surface area contributed by atoms with E-state index in [4.69, 9.17) is 0 Å². The van der Waals surface area contributed by atoms with Crippen LogP contribution in [0.15, 0.2) is 28.1 Å². The van der Waals surface area contributed by atoms with E-state index in [-0.39, 0.29) is 11.7 Å². The molecule has 0 saturated carbocycles. The molecule has 0 spiro atoms. The zero-order chi connectivity index (χ0) is 13.3. The average Bonchev–Trinajstić information content (AvgIpc) is 2.56. The molecule has 2 rings (SSSR count). The Balaban J connectivity index is 2.31. The minimum atomic E-state index is -0.217. The summed E-state index contributed by atoms with van der Waals surface area (Å²) in [4.78, 5) is 13.3. The highest BCUT2D eigenvalue weighted by Gasteiger charge is 2.18. The molecule has 1 aromatic heterocycles. The minimum absolute atomic E-state index is 0.0616. The van der Waals surface area contributed by atoms with Crippen LogP contribution in [0.3, 0.4) is 0 Å². The number of anilines is 1. The Bertz CT molecular complexity index is 607. The summed E-state index contributed by atoms with van der Waals surface area (Å²) in [5, 5.41) is 12.3. The number of benzene rings is 1. The number of aryl methyl sites for hydroxylation is 1. The standard InChI is InChI=1S/C13H12BrNO2S/c1-7-8(2)18-12(14)11(7)13(17)15-9-5-3-4-6-10(9)16/h3-6,16H,1-2H3,(H,15,17). The van der Waals surface area contributed by atoms with Gasteiger partial charge in [0.15, 0.2) is 0 Å². The van der Waals surface area contributed by atoms with Crippen molar-refractivity contribution in [1.82, 2.24) is 0 Å². The highest BCUT2D eigenvalue weighted by Crippen LogP contribution is 2.33. The van der Waals surface area contributed by atoms with Crippen molar-refractivity contribution >= 4 is 38.9 Å². The topological polar surface area (TPSA) is 49.3 Å². The SMILES string of the molecule is Cc1sc(Br)c(C(=O)Nc2ccccc2O)c1C. The molecule has 0 radical (unpaired) electrons. The van der Waals surface area contributed by atoms with Gasteiger partial charge in [0, 0.05) is 4.88 Å². The number of hydrogen-bond acceptors (Lipinski definition) is 3. The van der Waals surface area contributed by atoms with Gasteiger partial charge in [-0.15, -0.1) is 11.3 Å². The maximum Gasteiger partial charge on any atom is 0.258 e. The number of thiophene rings is 1. The number of phenolic OH excluding ortho intramolecular Hbond substituents is 1. The summed E-state index contributed by atoms with van der Waals surface area (Å²) in [5.74, 6) is -0.156. The first kappa shape index (κ1) is 13.1. The first-order chi connectivity index (χ1) is 8.50. The Morgan fingerprint density at radius 1 is 1.33 bits per heavy atom. The smallest absolute Gasteiger partial charge is 0.258 e. The molecule has 3 nitrogen and oxygen atoms in total. The quantitative estimate of drug-likeness (QED) is 0.817. The van der Waals surface area contributed by atoms with Gasteiger partial charge in [-0.3, -0.25) is 4.79 Å². The van der Waals surface area contributed by atoms with Gasteiger partial charge in [0.25, 0.3) is 5.91 Å². The highest BCUT2D eigenvalue weighted by molar-refractivity contribution is 9.11. The summed E-state index contributed by atoms with van der Waals surface area (Å²) in [6, 6.07) is 6.67. The number of hydrogen-bond donors (Lipinski definition) is 2. The van der Waals surface area contributed by atoms with Gasteiger partial charge < -0.3 is 10.4 Å². The van der Waals surface area contributed by atoms with Gasteiger partial charge in [0.1, 0.15) is 5.75 Å². The Hall–Kier alpha value is -1.33. The fraction of sp³-hybridized carbons (Fsp3) is 0.154. The summed E-state index contributed by atoms with van der Waals surface area (Å²) in [5.41, 5.74) is 2.00. The molecule has 2 aromatic rings. The first-order valence-electron chi connectivity index (χ1n) is 5.35. The lowest BCUT2D eigenvalue weighted by atomic mass is 10.1. The van der Waals surface area contributed by atoms with Crippen molar-refractivity contribution in [2.75, 3.05) is 5.32 Å². The number of aromatic hydroxyl groups is 1. The Morgan fingerprint density at radius 2 is 2.00 bits per heavy atom. The maximum atomic E-state index is 12.2. The van der Waals surface area contributed by atoms with Crippen molar-refractivity contribution in [3.8, 4) is 5.75 Å². The predicted molar refractivity (Wildman–Crippen MR) is 77.6 cm³/mol. The first-order valence-corrected chi connectivity index (χ1v) is 6.96. The molecule has 0 unspecified atom stereocenters. The summed E-state index contributed by atoms with van der Waals surface area (Å²) in [6.07, 6.45) is 0. The van der Waals surface area contributed by atoms with Crippen LogP contribution in [0.25, 0.3) is 0 Å². The van der Waals surface area contributed by atoms with Crippen LogP contribution in [0.1, 0.15) is 20.8 Å². The number of carbonyl (C=O) groups excluding carboxylic acids is 1. The molecule has 1 aromatic carbocycles. The number of amides is 1. The van der Waals surface area contributed by atoms with Crippen molar-refractivity contribution in [2.24, 2.45) is 0 Å². The monoisotopic (exact) mass is 325 g/mol. The van der Waals surface area contributed by atoms with Crippen LogP contribution in [0, 0.1) is 13.8 Å². The Labute approximate surface area is 118 Å². The molecule has 94 valence electrons. The second-order valence-corrected chi connectivity index (χ2v) is 6.45. The molecule has 5 heteroatoms. The van der Waals surface area contributed by atoms with Crippen molar-refractivity contribution in [3.63, 3.8) is 0 Å². The molecular weight excluding hydrogens is 314 g/mol. The second-order valence-electron chi connectivity index (χ2n) is 3.90. The van der Waals surface area contributed by atoms with Crippen molar-refractivity contribution in [2.45, 2.75) is 13.8 Å². The summed E-state index contributed by atoms with van der Waals surface area (Å²) < 4.78 is 0.811. The van der Waals surface area contributed by atoms with E-state index >= 15 is 0 Å². The van der Waals surface area contributed by atoms with E-state index in [0.29, 0.717) is 11.3 Å². The van der Waals surface area contributed by atoms with Gasteiger partial charge in [-0.1, -0.05) is 12.1 Å². The van der Waals surface area contributed by atoms with Crippen LogP contribution in [-0.2, 0) is 0 Å². The van der Waals surface area contributed by atoms with Crippen molar-refractivity contribution in [3.05, 3.63) is 44.1 Å². The number of nitrogens with one attached hydrogen (secondary N) is 1. The van der Waals surface area contributed by atoms with Crippen LogP contribution in [0.5, 0.6) is 5.75 Å². The average molecular weight is 326 g/mol. The molecule has 0 bridgehead atoms. The third-order valence-electron chi connectivity index (χ3n) is 2.72. The number of phenols is 1. The van der Waals surface area contributed by atoms with Gasteiger partial charge in [-0.05, 0) is 47.5 Å². The predicted octanol–water partition coefficient (Wildman–Crippen LogP) is 4.09. The van der Waals surface area contributed by atoms with E-state index in [2.05, 4.69) is 21.2 Å². The molecule has 0 fully saturated rings. The van der Waals surface area contributed by atoms with Crippen LogP contribution in [0.4, 0.5) is 5.69 Å². The third-order valence-corrected chi connectivity index (χ3v) is 4.60. The molecule has 1 heterocycles. The summed E-state index contributed by atoms with van der Waals surface area (Å²) >= 11 is 4.93. The largest absolute Gasteiger partial charge is 0.506 e. The second kappa shape index (κ2) is 5.12. The molecule has 0 aliphatic heterocycles. The molecular formula is C13H12BrNO2S. The minimum Gasteiger partial charge on any atom is -0.506 e. The van der Waals surface area contributed by atoms with Gasteiger partial charge in [0.05, 0.1) is 15.0 Å². The number of rotatable bonds is 2. The van der Waals surface area contributed by atoms with Crippen LogP contribution < -0.4 is 5.32 Å². The lowest BCUT2D eigenvalue weighted by molar-refractivity contribution is 0.102. The lowest BCUT2D eigenvalue weighted by Crippen LogP contribution is -2.12. The molecule has 2 N–H and O–H groups in total. The molecule has 0 atom stereocenters. The van der Waals surface area contributed by atoms with Crippen molar-refractivity contribution in [1.29, 1.82) is 0 Å². The van der Waals surface area contributed by atoms with E-state index < -0.39 is 0 Å². The Morgan fingerprint density at radius 3 is 2.56 bits per heavy atom. The van der Waals surface area contributed by atoms with Gasteiger partial charge in [-0.2, -0.15) is 0 Å². The molecule has 0 aliphatic rings. The van der Waals surface area contributed by atoms with E-state index in [9.17, 15) is 9.90 Å². The van der Waals surface area contributed by atoms with E-state index in [1.165, 1.54) is 17.4 Å². The maximum absolute atomic E-state index is 12.2. The van der Waals surface area contributed by atoms with E-state index in [0.717, 1.165) is 14.2 Å². The lowest BCUT2D eigenvalue weighted by Gasteiger charge is -2.07.